The third-order valence-electron chi connectivity index (χ3n) is 7.80. The lowest BCUT2D eigenvalue weighted by Gasteiger charge is -2.09. The van der Waals surface area contributed by atoms with E-state index in [4.69, 9.17) is 52.1 Å². The lowest BCUT2D eigenvalue weighted by atomic mass is 10.0. The van der Waals surface area contributed by atoms with Gasteiger partial charge in [0.2, 0.25) is 0 Å². The van der Waals surface area contributed by atoms with Crippen molar-refractivity contribution >= 4 is 5.97 Å². The van der Waals surface area contributed by atoms with Crippen LogP contribution in [-0.2, 0) is 56.9 Å². The highest BCUT2D eigenvalue weighted by molar-refractivity contribution is 5.86. The van der Waals surface area contributed by atoms with Crippen LogP contribution in [0, 0.1) is 0 Å². The van der Waals surface area contributed by atoms with Crippen molar-refractivity contribution in [1.29, 1.82) is 0 Å². The average molecular weight is 751 g/mol. The first-order chi connectivity index (χ1) is 25.7. The number of ether oxygens (including phenoxy) is 11. The number of hydrogen-bond acceptors (Lipinski definition) is 12. The molecule has 0 aromatic rings. The fourth-order valence-electron chi connectivity index (χ4n) is 4.80. The molecule has 12 nitrogen and oxygen atoms in total. The fraction of sp³-hybridized carbons (Fsp3) is 0.925. The van der Waals surface area contributed by atoms with Crippen LogP contribution in [0.15, 0.2) is 12.2 Å². The molecule has 12 heteroatoms. The van der Waals surface area contributed by atoms with Gasteiger partial charge in [0, 0.05) is 12.2 Å². The minimum Gasteiger partial charge on any atom is -0.460 e. The SMILES string of the molecule is C=C(C)C(=O)OCCOCCOCCOCCOCCOCCOCCOCCOCCOCCOCCCCCCCCCCCCCCCC. The standard InChI is InChI=1S/C40H78O12/c1-4-5-6-7-8-9-10-11-12-13-14-15-16-17-18-42-19-20-43-21-22-44-23-24-45-25-26-46-27-28-47-29-30-48-31-32-49-33-34-50-35-36-51-37-38-52-40(41)39(2)3/h2,4-38H2,1,3H3. The van der Waals surface area contributed by atoms with Crippen molar-refractivity contribution in [3.05, 3.63) is 12.2 Å². The van der Waals surface area contributed by atoms with E-state index >= 15 is 0 Å². The van der Waals surface area contributed by atoms with Crippen LogP contribution in [0.2, 0.25) is 0 Å². The molecule has 0 rings (SSSR count). The number of unbranched alkanes of at least 4 members (excludes halogenated alkanes) is 13. The van der Waals surface area contributed by atoms with Crippen LogP contribution in [0.3, 0.4) is 0 Å². The summed E-state index contributed by atoms with van der Waals surface area (Å²) < 4.78 is 59.9. The molecule has 0 amide bonds. The summed E-state index contributed by atoms with van der Waals surface area (Å²) in [6.45, 7) is 18.1. The average Bonchev–Trinajstić information content (AvgIpc) is 3.14. The molecular formula is C40H78O12. The predicted octanol–water partition coefficient (Wildman–Crippen LogP) is 6.75. The van der Waals surface area contributed by atoms with Crippen LogP contribution < -0.4 is 0 Å². The Morgan fingerprint density at radius 3 is 0.788 bits per heavy atom. The minimum atomic E-state index is -0.409. The van der Waals surface area contributed by atoms with E-state index in [1.54, 1.807) is 6.92 Å². The Hall–Kier alpha value is -1.19. The molecule has 0 unspecified atom stereocenters. The third-order valence-corrected chi connectivity index (χ3v) is 7.80. The second-order valence-corrected chi connectivity index (χ2v) is 12.6. The van der Waals surface area contributed by atoms with Crippen molar-refractivity contribution in [2.75, 3.05) is 139 Å². The molecule has 0 spiro atoms. The van der Waals surface area contributed by atoms with Gasteiger partial charge >= 0.3 is 5.97 Å². The summed E-state index contributed by atoms with van der Waals surface area (Å²) in [5.41, 5.74) is 0.373. The Bertz CT molecular complexity index is 712. The number of hydrogen-bond donors (Lipinski definition) is 0. The normalized spacial score (nSPS) is 11.4. The summed E-state index contributed by atoms with van der Waals surface area (Å²) >= 11 is 0. The Morgan fingerprint density at radius 1 is 0.327 bits per heavy atom. The smallest absolute Gasteiger partial charge is 0.333 e. The molecule has 52 heavy (non-hydrogen) atoms. The first kappa shape index (κ1) is 50.8. The van der Waals surface area contributed by atoms with Gasteiger partial charge in [-0.2, -0.15) is 0 Å². The number of rotatable bonds is 46. The lowest BCUT2D eigenvalue weighted by molar-refractivity contribution is -0.140. The van der Waals surface area contributed by atoms with Crippen molar-refractivity contribution < 1.29 is 56.9 Å². The Labute approximate surface area is 317 Å². The zero-order chi connectivity index (χ0) is 37.7. The first-order valence-electron chi connectivity index (χ1n) is 20.3. The fourth-order valence-corrected chi connectivity index (χ4v) is 4.80. The Morgan fingerprint density at radius 2 is 0.538 bits per heavy atom. The van der Waals surface area contributed by atoms with Gasteiger partial charge in [0.15, 0.2) is 0 Å². The van der Waals surface area contributed by atoms with Crippen LogP contribution in [0.25, 0.3) is 0 Å². The van der Waals surface area contributed by atoms with E-state index in [2.05, 4.69) is 13.5 Å². The summed E-state index contributed by atoms with van der Waals surface area (Å²) in [6.07, 6.45) is 19.2. The van der Waals surface area contributed by atoms with Gasteiger partial charge in [-0.3, -0.25) is 0 Å². The van der Waals surface area contributed by atoms with E-state index in [0.29, 0.717) is 131 Å². The molecule has 0 radical (unpaired) electrons. The van der Waals surface area contributed by atoms with Crippen LogP contribution in [-0.4, -0.2) is 145 Å². The van der Waals surface area contributed by atoms with Crippen LogP contribution in [0.4, 0.5) is 0 Å². The van der Waals surface area contributed by atoms with Gasteiger partial charge in [0.1, 0.15) is 6.61 Å². The molecule has 0 bridgehead atoms. The van der Waals surface area contributed by atoms with Gasteiger partial charge in [0.05, 0.1) is 126 Å². The second-order valence-electron chi connectivity index (χ2n) is 12.6. The van der Waals surface area contributed by atoms with Crippen LogP contribution in [0.5, 0.6) is 0 Å². The zero-order valence-electron chi connectivity index (χ0n) is 33.4. The Kier molecular flexibility index (Phi) is 44.9. The highest BCUT2D eigenvalue weighted by Crippen LogP contribution is 2.13. The maximum Gasteiger partial charge on any atom is 0.333 e. The van der Waals surface area contributed by atoms with Gasteiger partial charge in [-0.15, -0.1) is 0 Å². The maximum atomic E-state index is 11.2. The van der Waals surface area contributed by atoms with Crippen molar-refractivity contribution in [2.24, 2.45) is 0 Å². The topological polar surface area (TPSA) is 119 Å². The largest absolute Gasteiger partial charge is 0.460 e. The van der Waals surface area contributed by atoms with Gasteiger partial charge in [0.25, 0.3) is 0 Å². The van der Waals surface area contributed by atoms with E-state index < -0.39 is 5.97 Å². The lowest BCUT2D eigenvalue weighted by Crippen LogP contribution is -2.15. The summed E-state index contributed by atoms with van der Waals surface area (Å²) in [5, 5.41) is 0. The predicted molar refractivity (Wildman–Crippen MR) is 204 cm³/mol. The molecule has 0 atom stereocenters. The van der Waals surface area contributed by atoms with Crippen molar-refractivity contribution in [1.82, 2.24) is 0 Å². The summed E-state index contributed by atoms with van der Waals surface area (Å²) in [5.74, 6) is -0.409. The third kappa shape index (κ3) is 45.0. The van der Waals surface area contributed by atoms with Gasteiger partial charge < -0.3 is 52.1 Å². The zero-order valence-corrected chi connectivity index (χ0v) is 33.4. The van der Waals surface area contributed by atoms with Gasteiger partial charge in [-0.05, 0) is 13.3 Å². The monoisotopic (exact) mass is 751 g/mol. The van der Waals surface area contributed by atoms with Gasteiger partial charge in [-0.1, -0.05) is 97.0 Å². The highest BCUT2D eigenvalue weighted by atomic mass is 16.6. The highest BCUT2D eigenvalue weighted by Gasteiger charge is 2.02. The number of carbonyl (C=O) groups is 1. The summed E-state index contributed by atoms with van der Waals surface area (Å²) in [7, 11) is 0. The molecule has 0 saturated heterocycles. The molecule has 0 aliphatic rings. The molecule has 0 fully saturated rings. The van der Waals surface area contributed by atoms with E-state index in [9.17, 15) is 4.79 Å². The second kappa shape index (κ2) is 46.0. The minimum absolute atomic E-state index is 0.203. The molecular weight excluding hydrogens is 672 g/mol. The molecule has 0 N–H and O–H groups in total. The molecule has 310 valence electrons. The molecule has 0 aromatic heterocycles. The summed E-state index contributed by atoms with van der Waals surface area (Å²) in [6, 6.07) is 0. The van der Waals surface area contributed by atoms with E-state index in [1.807, 2.05) is 0 Å². The molecule has 0 saturated carbocycles. The molecule has 0 heterocycles. The van der Waals surface area contributed by atoms with Crippen molar-refractivity contribution in [3.63, 3.8) is 0 Å². The molecule has 0 aromatic carbocycles. The first-order valence-corrected chi connectivity index (χ1v) is 20.3. The van der Waals surface area contributed by atoms with Crippen LogP contribution >= 0.6 is 0 Å². The van der Waals surface area contributed by atoms with Crippen molar-refractivity contribution in [2.45, 2.75) is 104 Å². The maximum absolute atomic E-state index is 11.2. The van der Waals surface area contributed by atoms with Crippen molar-refractivity contribution in [3.8, 4) is 0 Å². The van der Waals surface area contributed by atoms with E-state index in [-0.39, 0.29) is 6.61 Å². The molecule has 0 aliphatic carbocycles. The number of carbonyl (C=O) groups excluding carboxylic acids is 1. The molecule has 0 aliphatic heterocycles. The van der Waals surface area contributed by atoms with Gasteiger partial charge in [-0.25, -0.2) is 4.79 Å². The number of esters is 1. The van der Waals surface area contributed by atoms with E-state index in [1.165, 1.54) is 83.5 Å². The summed E-state index contributed by atoms with van der Waals surface area (Å²) in [4.78, 5) is 11.2. The quantitative estimate of drug-likeness (QED) is 0.0372. The van der Waals surface area contributed by atoms with Crippen LogP contribution in [0.1, 0.15) is 104 Å². The Balaban J connectivity index is 3.07. The van der Waals surface area contributed by atoms with E-state index in [0.717, 1.165) is 13.0 Å².